The van der Waals surface area contributed by atoms with E-state index in [4.69, 9.17) is 0 Å². The lowest BCUT2D eigenvalue weighted by molar-refractivity contribution is 0.575. The highest BCUT2D eigenvalue weighted by Crippen LogP contribution is 2.27. The van der Waals surface area contributed by atoms with Crippen molar-refractivity contribution >= 4 is 22.6 Å². The Kier molecular flexibility index (Phi) is 4.22. The molecule has 0 aliphatic carbocycles. The normalized spacial score (nSPS) is 19.2. The molecule has 0 spiro atoms. The summed E-state index contributed by atoms with van der Waals surface area (Å²) >= 11 is 1.64. The zero-order valence-electron chi connectivity index (χ0n) is 10.4. The monoisotopic (exact) mass is 270 g/mol. The zero-order valence-corrected chi connectivity index (χ0v) is 11.2. The molecular weight excluding hydrogens is 254 g/mol. The number of nitrogens with one attached hydrogen (secondary N) is 1. The Morgan fingerprint density at radius 1 is 1.33 bits per heavy atom. The zero-order chi connectivity index (χ0) is 13.1. The maximum Gasteiger partial charge on any atom is 0.161 e. The van der Waals surface area contributed by atoms with Crippen molar-refractivity contribution in [3.8, 4) is 0 Å². The fourth-order valence-electron chi connectivity index (χ4n) is 1.88. The van der Waals surface area contributed by atoms with E-state index in [1.807, 2.05) is 0 Å². The number of benzene rings is 1. The van der Waals surface area contributed by atoms with Gasteiger partial charge >= 0.3 is 0 Å². The van der Waals surface area contributed by atoms with Crippen molar-refractivity contribution < 1.29 is 8.78 Å². The molecule has 0 radical (unpaired) electrons. The molecule has 1 atom stereocenters. The molecule has 98 valence electrons. The van der Waals surface area contributed by atoms with Gasteiger partial charge in [-0.25, -0.2) is 8.78 Å². The van der Waals surface area contributed by atoms with E-state index in [1.165, 1.54) is 12.1 Å². The Morgan fingerprint density at radius 3 is 2.61 bits per heavy atom. The predicted molar refractivity (Wildman–Crippen MR) is 73.1 cm³/mol. The van der Waals surface area contributed by atoms with Crippen LogP contribution in [0.5, 0.6) is 0 Å². The van der Waals surface area contributed by atoms with E-state index in [1.54, 1.807) is 11.8 Å². The first kappa shape index (κ1) is 13.3. The van der Waals surface area contributed by atoms with Crippen LogP contribution < -0.4 is 5.32 Å². The van der Waals surface area contributed by atoms with Crippen molar-refractivity contribution in [3.63, 3.8) is 0 Å². The molecule has 5 heteroatoms. The van der Waals surface area contributed by atoms with Crippen molar-refractivity contribution in [3.05, 3.63) is 29.8 Å². The molecule has 1 unspecified atom stereocenters. The maximum atomic E-state index is 13.0. The summed E-state index contributed by atoms with van der Waals surface area (Å²) in [6.07, 6.45) is 1.09. The highest BCUT2D eigenvalue weighted by Gasteiger charge is 2.20. The lowest BCUT2D eigenvalue weighted by Gasteiger charge is -2.11. The molecule has 2 rings (SSSR count). The van der Waals surface area contributed by atoms with Crippen molar-refractivity contribution in [1.82, 2.24) is 0 Å². The molecule has 2 nitrogen and oxygen atoms in total. The van der Waals surface area contributed by atoms with Gasteiger partial charge in [0.2, 0.25) is 0 Å². The SMILES string of the molecule is CC(C)CC1CN=C(Nc2cc(F)cc(F)c2)S1. The third-order valence-electron chi connectivity index (χ3n) is 2.56. The van der Waals surface area contributed by atoms with E-state index in [-0.39, 0.29) is 0 Å². The van der Waals surface area contributed by atoms with Crippen LogP contribution in [0.15, 0.2) is 23.2 Å². The molecule has 0 aromatic heterocycles. The average molecular weight is 270 g/mol. The largest absolute Gasteiger partial charge is 0.335 e. The first-order valence-electron chi connectivity index (χ1n) is 5.97. The summed E-state index contributed by atoms with van der Waals surface area (Å²) in [5.41, 5.74) is 0.406. The van der Waals surface area contributed by atoms with Crippen molar-refractivity contribution in [2.45, 2.75) is 25.5 Å². The van der Waals surface area contributed by atoms with E-state index in [0.717, 1.165) is 24.2 Å². The van der Waals surface area contributed by atoms with Crippen molar-refractivity contribution in [2.24, 2.45) is 10.9 Å². The first-order valence-corrected chi connectivity index (χ1v) is 6.85. The Balaban J connectivity index is 1.95. The summed E-state index contributed by atoms with van der Waals surface area (Å²) in [7, 11) is 0. The fraction of sp³-hybridized carbons (Fsp3) is 0.462. The van der Waals surface area contributed by atoms with Crippen LogP contribution >= 0.6 is 11.8 Å². The van der Waals surface area contributed by atoms with Gasteiger partial charge in [0.1, 0.15) is 11.6 Å². The van der Waals surface area contributed by atoms with Gasteiger partial charge in [-0.05, 0) is 24.5 Å². The highest BCUT2D eigenvalue weighted by atomic mass is 32.2. The second-order valence-corrected chi connectivity index (χ2v) is 6.09. The lowest BCUT2D eigenvalue weighted by atomic mass is 10.1. The number of aliphatic imine (C=N–C) groups is 1. The molecule has 0 fully saturated rings. The second kappa shape index (κ2) is 5.69. The molecule has 1 aliphatic rings. The number of amidine groups is 1. The summed E-state index contributed by atoms with van der Waals surface area (Å²) in [5.74, 6) is -0.539. The lowest BCUT2D eigenvalue weighted by Crippen LogP contribution is -2.10. The maximum absolute atomic E-state index is 13.0. The molecule has 18 heavy (non-hydrogen) atoms. The van der Waals surface area contributed by atoms with Gasteiger partial charge in [0.05, 0.1) is 6.54 Å². The molecule has 0 amide bonds. The molecule has 0 saturated heterocycles. The van der Waals surface area contributed by atoms with Crippen LogP contribution in [0.4, 0.5) is 14.5 Å². The standard InChI is InChI=1S/C13H16F2N2S/c1-8(2)3-12-7-16-13(18-12)17-11-5-9(14)4-10(15)6-11/h4-6,8,12H,3,7H2,1-2H3,(H,16,17). The highest BCUT2D eigenvalue weighted by molar-refractivity contribution is 8.15. The predicted octanol–water partition coefficient (Wildman–Crippen LogP) is 3.89. The Morgan fingerprint density at radius 2 is 2.00 bits per heavy atom. The molecule has 0 bridgehead atoms. The molecular formula is C13H16F2N2S. The number of thioether (sulfide) groups is 1. The molecule has 0 saturated carbocycles. The van der Waals surface area contributed by atoms with E-state index < -0.39 is 11.6 Å². The van der Waals surface area contributed by atoms with Crippen LogP contribution in [-0.2, 0) is 0 Å². The minimum absolute atomic E-state index is 0.406. The Bertz CT molecular complexity index is 440. The van der Waals surface area contributed by atoms with Crippen LogP contribution in [0, 0.1) is 17.6 Å². The summed E-state index contributed by atoms with van der Waals surface area (Å²) < 4.78 is 26.0. The van der Waals surface area contributed by atoms with Crippen molar-refractivity contribution in [1.29, 1.82) is 0 Å². The van der Waals surface area contributed by atoms with Crippen LogP contribution in [-0.4, -0.2) is 17.0 Å². The summed E-state index contributed by atoms with van der Waals surface area (Å²) in [5, 5.41) is 4.16. The quantitative estimate of drug-likeness (QED) is 0.901. The van der Waals surface area contributed by atoms with Crippen LogP contribution in [0.25, 0.3) is 0 Å². The smallest absolute Gasteiger partial charge is 0.161 e. The van der Waals surface area contributed by atoms with E-state index in [9.17, 15) is 8.78 Å². The first-order chi connectivity index (χ1) is 8.52. The van der Waals surface area contributed by atoms with Crippen LogP contribution in [0.3, 0.4) is 0 Å². The van der Waals surface area contributed by atoms with Crippen molar-refractivity contribution in [2.75, 3.05) is 11.9 Å². The molecule has 1 N–H and O–H groups in total. The molecule has 1 aliphatic heterocycles. The second-order valence-electron chi connectivity index (χ2n) is 4.80. The van der Waals surface area contributed by atoms with Gasteiger partial charge in [-0.1, -0.05) is 25.6 Å². The number of hydrogen-bond donors (Lipinski definition) is 1. The average Bonchev–Trinajstić information content (AvgIpc) is 2.62. The number of hydrogen-bond acceptors (Lipinski definition) is 3. The number of nitrogens with zero attached hydrogens (tertiary/aromatic N) is 1. The van der Waals surface area contributed by atoms with Gasteiger partial charge in [-0.3, -0.25) is 4.99 Å². The topological polar surface area (TPSA) is 24.4 Å². The van der Waals surface area contributed by atoms with E-state index in [2.05, 4.69) is 24.2 Å². The van der Waals surface area contributed by atoms with Gasteiger partial charge in [0, 0.05) is 17.0 Å². The summed E-state index contributed by atoms with van der Waals surface area (Å²) in [6, 6.07) is 3.39. The molecule has 1 aromatic rings. The molecule has 1 heterocycles. The fourth-order valence-corrected chi connectivity index (χ4v) is 3.16. The van der Waals surface area contributed by atoms with Crippen LogP contribution in [0.2, 0.25) is 0 Å². The Hall–Kier alpha value is -1.10. The molecule has 1 aromatic carbocycles. The van der Waals surface area contributed by atoms with Gasteiger partial charge in [0.15, 0.2) is 5.17 Å². The van der Waals surface area contributed by atoms with Crippen LogP contribution in [0.1, 0.15) is 20.3 Å². The third kappa shape index (κ3) is 3.70. The van der Waals surface area contributed by atoms with Gasteiger partial charge in [0.25, 0.3) is 0 Å². The number of anilines is 1. The van der Waals surface area contributed by atoms with Gasteiger partial charge in [-0.2, -0.15) is 0 Å². The van der Waals surface area contributed by atoms with Gasteiger partial charge in [-0.15, -0.1) is 0 Å². The summed E-state index contributed by atoms with van der Waals surface area (Å²) in [6.45, 7) is 5.12. The third-order valence-corrected chi connectivity index (χ3v) is 3.69. The summed E-state index contributed by atoms with van der Waals surface area (Å²) in [4.78, 5) is 4.35. The minimum Gasteiger partial charge on any atom is -0.335 e. The van der Waals surface area contributed by atoms with E-state index in [0.29, 0.717) is 16.9 Å². The number of rotatable bonds is 3. The Labute approximate surface area is 110 Å². The minimum atomic E-state index is -0.583. The number of halogens is 2. The van der Waals surface area contributed by atoms with Gasteiger partial charge < -0.3 is 5.32 Å². The van der Waals surface area contributed by atoms with E-state index >= 15 is 0 Å².